The highest BCUT2D eigenvalue weighted by Gasteiger charge is 2.41. The first-order valence-corrected chi connectivity index (χ1v) is 11.5. The van der Waals surface area contributed by atoms with E-state index in [1.807, 2.05) is 18.2 Å². The predicted molar refractivity (Wildman–Crippen MR) is 118 cm³/mol. The van der Waals surface area contributed by atoms with Crippen LogP contribution in [0.2, 0.25) is 0 Å². The molecule has 0 aliphatic rings. The number of carbonyl (C=O) groups is 1. The Bertz CT molecular complexity index is 514. The number of carboxylic acid groups (broad SMARTS) is 1. The highest BCUT2D eigenvalue weighted by molar-refractivity contribution is 5.81. The zero-order valence-electron chi connectivity index (χ0n) is 18.2. The van der Waals surface area contributed by atoms with E-state index in [2.05, 4.69) is 6.92 Å². The Labute approximate surface area is 172 Å². The molecule has 0 bridgehead atoms. The van der Waals surface area contributed by atoms with Gasteiger partial charge in [-0.3, -0.25) is 4.79 Å². The number of aliphatic carboxylic acids is 1. The number of carboxylic acids is 1. The third-order valence-electron chi connectivity index (χ3n) is 6.07. The Balaban J connectivity index is 2.13. The third kappa shape index (κ3) is 8.77. The molecule has 0 saturated heterocycles. The second-order valence-corrected chi connectivity index (χ2v) is 8.42. The summed E-state index contributed by atoms with van der Waals surface area (Å²) in [5, 5.41) is 20.3. The summed E-state index contributed by atoms with van der Waals surface area (Å²) in [6, 6.07) is 9.11. The van der Waals surface area contributed by atoms with Gasteiger partial charge in [-0.1, -0.05) is 121 Å². The van der Waals surface area contributed by atoms with Crippen molar-refractivity contribution in [3.8, 4) is 0 Å². The lowest BCUT2D eigenvalue weighted by Crippen LogP contribution is -2.44. The second kappa shape index (κ2) is 14.6. The normalized spacial score (nSPS) is 14.5. The van der Waals surface area contributed by atoms with Crippen molar-refractivity contribution in [2.24, 2.45) is 0 Å². The minimum atomic E-state index is -1.24. The minimum absolute atomic E-state index is 0.537. The van der Waals surface area contributed by atoms with Crippen molar-refractivity contribution in [2.45, 2.75) is 115 Å². The summed E-state index contributed by atoms with van der Waals surface area (Å²) in [7, 11) is 0. The molecule has 2 atom stereocenters. The van der Waals surface area contributed by atoms with Crippen LogP contribution in [0.3, 0.4) is 0 Å². The fraction of sp³-hybridized carbons (Fsp3) is 0.720. The van der Waals surface area contributed by atoms with Crippen LogP contribution >= 0.6 is 0 Å². The number of aliphatic hydroxyl groups is 1. The molecule has 0 amide bonds. The average molecular weight is 391 g/mol. The quantitative estimate of drug-likeness (QED) is 0.285. The van der Waals surface area contributed by atoms with Gasteiger partial charge < -0.3 is 10.2 Å². The highest BCUT2D eigenvalue weighted by atomic mass is 16.4. The lowest BCUT2D eigenvalue weighted by Gasteiger charge is -2.31. The van der Waals surface area contributed by atoms with Crippen LogP contribution in [0, 0.1) is 0 Å². The fourth-order valence-electron chi connectivity index (χ4n) is 3.89. The van der Waals surface area contributed by atoms with Crippen molar-refractivity contribution in [1.82, 2.24) is 0 Å². The molecule has 0 spiro atoms. The molecule has 1 aromatic rings. The van der Waals surface area contributed by atoms with Gasteiger partial charge in [0.05, 0.1) is 6.10 Å². The summed E-state index contributed by atoms with van der Waals surface area (Å²) in [6.45, 7) is 3.90. The van der Waals surface area contributed by atoms with E-state index in [1.165, 1.54) is 70.6 Å². The van der Waals surface area contributed by atoms with E-state index in [0.717, 1.165) is 12.8 Å². The van der Waals surface area contributed by atoms with Crippen LogP contribution in [0.5, 0.6) is 0 Å². The van der Waals surface area contributed by atoms with Crippen LogP contribution in [0.15, 0.2) is 30.3 Å². The van der Waals surface area contributed by atoms with Gasteiger partial charge in [0, 0.05) is 0 Å². The molecule has 0 fully saturated rings. The molecule has 0 aliphatic carbocycles. The van der Waals surface area contributed by atoms with Crippen molar-refractivity contribution < 1.29 is 15.0 Å². The topological polar surface area (TPSA) is 57.5 Å². The van der Waals surface area contributed by atoms with Gasteiger partial charge in [-0.25, -0.2) is 0 Å². The van der Waals surface area contributed by atoms with Gasteiger partial charge in [-0.2, -0.15) is 0 Å². The third-order valence-corrected chi connectivity index (χ3v) is 6.07. The molecule has 3 heteroatoms. The van der Waals surface area contributed by atoms with Crippen LogP contribution < -0.4 is 0 Å². The summed E-state index contributed by atoms with van der Waals surface area (Å²) >= 11 is 0. The number of hydrogen-bond donors (Lipinski definition) is 2. The van der Waals surface area contributed by atoms with E-state index >= 15 is 0 Å². The Morgan fingerprint density at radius 3 is 1.68 bits per heavy atom. The first-order valence-electron chi connectivity index (χ1n) is 11.5. The van der Waals surface area contributed by atoms with E-state index in [0.29, 0.717) is 12.0 Å². The number of rotatable bonds is 17. The Morgan fingerprint density at radius 1 is 0.821 bits per heavy atom. The lowest BCUT2D eigenvalue weighted by atomic mass is 9.75. The Kier molecular flexibility index (Phi) is 12.9. The smallest absolute Gasteiger partial charge is 0.316 e. The van der Waals surface area contributed by atoms with Crippen LogP contribution in [0.1, 0.15) is 109 Å². The lowest BCUT2D eigenvalue weighted by molar-refractivity contribution is -0.148. The fourth-order valence-corrected chi connectivity index (χ4v) is 3.89. The number of benzene rings is 1. The van der Waals surface area contributed by atoms with Crippen LogP contribution in [0.4, 0.5) is 0 Å². The zero-order chi connectivity index (χ0) is 20.7. The first kappa shape index (κ1) is 24.7. The Hall–Kier alpha value is -1.35. The molecule has 0 aliphatic heterocycles. The van der Waals surface area contributed by atoms with Gasteiger partial charge in [-0.05, 0) is 18.9 Å². The van der Waals surface area contributed by atoms with Crippen LogP contribution in [-0.4, -0.2) is 22.3 Å². The molecule has 1 aromatic carbocycles. The molecule has 0 radical (unpaired) electrons. The van der Waals surface area contributed by atoms with Gasteiger partial charge >= 0.3 is 5.97 Å². The van der Waals surface area contributed by atoms with Crippen LogP contribution in [-0.2, 0) is 10.2 Å². The van der Waals surface area contributed by atoms with Crippen molar-refractivity contribution >= 4 is 5.97 Å². The maximum atomic E-state index is 11.8. The van der Waals surface area contributed by atoms with Gasteiger partial charge in [0.1, 0.15) is 5.41 Å². The minimum Gasteiger partial charge on any atom is -0.481 e. The maximum Gasteiger partial charge on any atom is 0.316 e. The molecule has 1 rings (SSSR count). The van der Waals surface area contributed by atoms with E-state index < -0.39 is 17.5 Å². The van der Waals surface area contributed by atoms with Gasteiger partial charge in [0.25, 0.3) is 0 Å². The standard InChI is InChI=1S/C25H42O3/c1-3-4-5-6-7-8-9-10-11-12-13-14-18-21-23(26)25(2,24(27)28)22-19-16-15-17-20-22/h15-17,19-20,23,26H,3-14,18,21H2,1-2H3,(H,27,28). The molecule has 3 nitrogen and oxygen atoms in total. The molecular formula is C25H42O3. The predicted octanol–water partition coefficient (Wildman–Crippen LogP) is 6.87. The SMILES string of the molecule is CCCCCCCCCCCCCCCC(O)C(C)(C(=O)O)c1ccccc1. The molecule has 0 heterocycles. The number of unbranched alkanes of at least 4 members (excludes halogenated alkanes) is 12. The largest absolute Gasteiger partial charge is 0.481 e. The summed E-state index contributed by atoms with van der Waals surface area (Å²) < 4.78 is 0. The Morgan fingerprint density at radius 2 is 1.25 bits per heavy atom. The summed E-state index contributed by atoms with van der Waals surface area (Å²) in [6.07, 6.45) is 16.3. The molecule has 2 unspecified atom stereocenters. The van der Waals surface area contributed by atoms with E-state index in [1.54, 1.807) is 19.1 Å². The molecule has 2 N–H and O–H groups in total. The van der Waals surface area contributed by atoms with E-state index in [-0.39, 0.29) is 0 Å². The summed E-state index contributed by atoms with van der Waals surface area (Å²) in [5.41, 5.74) is -0.567. The van der Waals surface area contributed by atoms with E-state index in [4.69, 9.17) is 0 Å². The number of aliphatic hydroxyl groups excluding tert-OH is 1. The maximum absolute atomic E-state index is 11.8. The molecule has 28 heavy (non-hydrogen) atoms. The highest BCUT2D eigenvalue weighted by Crippen LogP contribution is 2.31. The van der Waals surface area contributed by atoms with Gasteiger partial charge in [-0.15, -0.1) is 0 Å². The van der Waals surface area contributed by atoms with Gasteiger partial charge in [0.15, 0.2) is 0 Å². The van der Waals surface area contributed by atoms with Crippen LogP contribution in [0.25, 0.3) is 0 Å². The zero-order valence-corrected chi connectivity index (χ0v) is 18.2. The molecule has 0 aromatic heterocycles. The molecule has 160 valence electrons. The van der Waals surface area contributed by atoms with Crippen molar-refractivity contribution in [2.75, 3.05) is 0 Å². The summed E-state index contributed by atoms with van der Waals surface area (Å²) in [4.78, 5) is 11.8. The van der Waals surface area contributed by atoms with Crippen molar-refractivity contribution in [1.29, 1.82) is 0 Å². The number of hydrogen-bond acceptors (Lipinski definition) is 2. The molecule has 0 saturated carbocycles. The monoisotopic (exact) mass is 390 g/mol. The average Bonchev–Trinajstić information content (AvgIpc) is 2.71. The summed E-state index contributed by atoms with van der Waals surface area (Å²) in [5.74, 6) is -0.958. The second-order valence-electron chi connectivity index (χ2n) is 8.42. The van der Waals surface area contributed by atoms with Crippen molar-refractivity contribution in [3.63, 3.8) is 0 Å². The first-order chi connectivity index (χ1) is 13.5. The molecular weight excluding hydrogens is 348 g/mol. The van der Waals surface area contributed by atoms with Gasteiger partial charge in [0.2, 0.25) is 0 Å². The van der Waals surface area contributed by atoms with Crippen molar-refractivity contribution in [3.05, 3.63) is 35.9 Å². The van der Waals surface area contributed by atoms with E-state index in [9.17, 15) is 15.0 Å².